The van der Waals surface area contributed by atoms with E-state index in [-0.39, 0.29) is 6.10 Å². The Balaban J connectivity index is 2.06. The van der Waals surface area contributed by atoms with Crippen LogP contribution < -0.4 is 10.5 Å². The van der Waals surface area contributed by atoms with Gasteiger partial charge in [0.2, 0.25) is 5.88 Å². The zero-order chi connectivity index (χ0) is 11.4. The zero-order valence-electron chi connectivity index (χ0n) is 8.85. The first-order valence-corrected chi connectivity index (χ1v) is 5.19. The number of nitrogen functional groups attached to an aromatic ring is 1. The molecule has 84 valence electrons. The van der Waals surface area contributed by atoms with Gasteiger partial charge in [-0.15, -0.1) is 0 Å². The van der Waals surface area contributed by atoms with E-state index >= 15 is 0 Å². The third-order valence-corrected chi connectivity index (χ3v) is 2.45. The van der Waals surface area contributed by atoms with Gasteiger partial charge in [-0.05, 0) is 6.07 Å². The Morgan fingerprint density at radius 2 is 2.25 bits per heavy atom. The normalized spacial score (nSPS) is 16.7. The van der Waals surface area contributed by atoms with Crippen molar-refractivity contribution in [1.29, 1.82) is 5.26 Å². The summed E-state index contributed by atoms with van der Waals surface area (Å²) in [5, 5.41) is 8.67. The van der Waals surface area contributed by atoms with E-state index in [1.54, 1.807) is 6.07 Å². The van der Waals surface area contributed by atoms with Crippen LogP contribution in [0.5, 0.6) is 5.88 Å². The molecule has 0 aliphatic carbocycles. The second-order valence-corrected chi connectivity index (χ2v) is 3.66. The molecule has 16 heavy (non-hydrogen) atoms. The summed E-state index contributed by atoms with van der Waals surface area (Å²) in [5.74, 6) is 0.408. The lowest BCUT2D eigenvalue weighted by Gasteiger charge is -2.23. The molecule has 0 atom stereocenters. The van der Waals surface area contributed by atoms with E-state index in [1.165, 1.54) is 6.20 Å². The highest BCUT2D eigenvalue weighted by Gasteiger charge is 2.17. The number of aromatic nitrogens is 1. The Morgan fingerprint density at radius 3 is 2.88 bits per heavy atom. The smallest absolute Gasteiger partial charge is 0.237 e. The van der Waals surface area contributed by atoms with E-state index in [0.29, 0.717) is 30.3 Å². The fourth-order valence-electron chi connectivity index (χ4n) is 1.58. The summed E-state index contributed by atoms with van der Waals surface area (Å²) in [7, 11) is 0. The molecule has 1 aliphatic rings. The monoisotopic (exact) mass is 219 g/mol. The zero-order valence-corrected chi connectivity index (χ0v) is 8.85. The maximum Gasteiger partial charge on any atom is 0.237 e. The molecular weight excluding hydrogens is 206 g/mol. The molecule has 1 aromatic heterocycles. The van der Waals surface area contributed by atoms with Crippen LogP contribution in [0.4, 0.5) is 5.69 Å². The summed E-state index contributed by atoms with van der Waals surface area (Å²) in [4.78, 5) is 4.03. The highest BCUT2D eigenvalue weighted by molar-refractivity contribution is 5.52. The molecule has 1 fully saturated rings. The molecule has 0 amide bonds. The maximum atomic E-state index is 8.67. The molecule has 0 saturated carbocycles. The van der Waals surface area contributed by atoms with Gasteiger partial charge >= 0.3 is 0 Å². The largest absolute Gasteiger partial charge is 0.473 e. The lowest BCUT2D eigenvalue weighted by molar-refractivity contribution is 0.0241. The SMILES string of the molecule is N#Cc1cnc(OC2CCOCC2)c(N)c1. The van der Waals surface area contributed by atoms with Gasteiger partial charge in [0.05, 0.1) is 24.5 Å². The number of ether oxygens (including phenoxy) is 2. The van der Waals surface area contributed by atoms with Gasteiger partial charge in [0.15, 0.2) is 0 Å². The van der Waals surface area contributed by atoms with E-state index in [2.05, 4.69) is 4.98 Å². The highest BCUT2D eigenvalue weighted by Crippen LogP contribution is 2.22. The number of nitriles is 1. The first-order chi connectivity index (χ1) is 7.79. The first kappa shape index (κ1) is 10.7. The first-order valence-electron chi connectivity index (χ1n) is 5.19. The van der Waals surface area contributed by atoms with Gasteiger partial charge in [0, 0.05) is 19.0 Å². The Labute approximate surface area is 93.8 Å². The number of nitrogens with zero attached hydrogens (tertiary/aromatic N) is 2. The van der Waals surface area contributed by atoms with Crippen LogP contribution in [-0.4, -0.2) is 24.3 Å². The van der Waals surface area contributed by atoms with Crippen molar-refractivity contribution in [2.24, 2.45) is 0 Å². The van der Waals surface area contributed by atoms with Crippen LogP contribution in [0.2, 0.25) is 0 Å². The van der Waals surface area contributed by atoms with Crippen molar-refractivity contribution in [3.8, 4) is 11.9 Å². The average molecular weight is 219 g/mol. The van der Waals surface area contributed by atoms with E-state index < -0.39 is 0 Å². The third-order valence-electron chi connectivity index (χ3n) is 2.45. The van der Waals surface area contributed by atoms with Crippen molar-refractivity contribution < 1.29 is 9.47 Å². The van der Waals surface area contributed by atoms with E-state index in [0.717, 1.165) is 12.8 Å². The van der Waals surface area contributed by atoms with Crippen molar-refractivity contribution in [3.63, 3.8) is 0 Å². The van der Waals surface area contributed by atoms with Crippen molar-refractivity contribution in [1.82, 2.24) is 4.98 Å². The Bertz CT molecular complexity index is 408. The van der Waals surface area contributed by atoms with Gasteiger partial charge in [-0.2, -0.15) is 5.26 Å². The standard InChI is InChI=1S/C11H13N3O2/c12-6-8-5-10(13)11(14-7-8)16-9-1-3-15-4-2-9/h5,7,9H,1-4,13H2. The summed E-state index contributed by atoms with van der Waals surface area (Å²) in [5.41, 5.74) is 6.59. The number of nitrogens with two attached hydrogens (primary N) is 1. The fraction of sp³-hybridized carbons (Fsp3) is 0.455. The quantitative estimate of drug-likeness (QED) is 0.805. The van der Waals surface area contributed by atoms with Gasteiger partial charge in [-0.1, -0.05) is 0 Å². The van der Waals surface area contributed by atoms with Crippen LogP contribution in [0.25, 0.3) is 0 Å². The molecule has 2 heterocycles. The molecule has 1 aromatic rings. The second kappa shape index (κ2) is 4.81. The van der Waals surface area contributed by atoms with Gasteiger partial charge < -0.3 is 15.2 Å². The van der Waals surface area contributed by atoms with Crippen LogP contribution in [0.1, 0.15) is 18.4 Å². The van der Waals surface area contributed by atoms with Gasteiger partial charge in [0.25, 0.3) is 0 Å². The topological polar surface area (TPSA) is 81.2 Å². The summed E-state index contributed by atoms with van der Waals surface area (Å²) in [6, 6.07) is 3.55. The van der Waals surface area contributed by atoms with Gasteiger partial charge in [-0.25, -0.2) is 4.98 Å². The molecule has 2 rings (SSSR count). The highest BCUT2D eigenvalue weighted by atomic mass is 16.5. The van der Waals surface area contributed by atoms with E-state index in [1.807, 2.05) is 6.07 Å². The number of hydrogen-bond donors (Lipinski definition) is 1. The summed E-state index contributed by atoms with van der Waals surface area (Å²) in [6.07, 6.45) is 3.27. The molecule has 0 unspecified atom stereocenters. The molecule has 5 heteroatoms. The van der Waals surface area contributed by atoms with Crippen molar-refractivity contribution >= 4 is 5.69 Å². The molecule has 2 N–H and O–H groups in total. The summed E-state index contributed by atoms with van der Waals surface area (Å²) in [6.45, 7) is 1.42. The predicted molar refractivity (Wildman–Crippen MR) is 57.8 cm³/mol. The minimum absolute atomic E-state index is 0.108. The number of pyridine rings is 1. The Hall–Kier alpha value is -1.80. The lowest BCUT2D eigenvalue weighted by atomic mass is 10.1. The lowest BCUT2D eigenvalue weighted by Crippen LogP contribution is -2.26. The molecule has 1 aliphatic heterocycles. The van der Waals surface area contributed by atoms with Crippen LogP contribution in [0.3, 0.4) is 0 Å². The van der Waals surface area contributed by atoms with Crippen molar-refractivity contribution in [2.45, 2.75) is 18.9 Å². The van der Waals surface area contributed by atoms with Crippen LogP contribution in [0, 0.1) is 11.3 Å². The minimum atomic E-state index is 0.108. The number of rotatable bonds is 2. The third kappa shape index (κ3) is 2.41. The average Bonchev–Trinajstić information content (AvgIpc) is 2.33. The molecule has 5 nitrogen and oxygen atoms in total. The Morgan fingerprint density at radius 1 is 1.50 bits per heavy atom. The molecule has 0 bridgehead atoms. The number of hydrogen-bond acceptors (Lipinski definition) is 5. The molecule has 0 spiro atoms. The van der Waals surface area contributed by atoms with E-state index in [9.17, 15) is 0 Å². The molecule has 1 saturated heterocycles. The number of anilines is 1. The molecule has 0 radical (unpaired) electrons. The maximum absolute atomic E-state index is 8.67. The van der Waals surface area contributed by atoms with E-state index in [4.69, 9.17) is 20.5 Å². The fourth-order valence-corrected chi connectivity index (χ4v) is 1.58. The molecular formula is C11H13N3O2. The van der Waals surface area contributed by atoms with Crippen LogP contribution in [-0.2, 0) is 4.74 Å². The molecule has 0 aromatic carbocycles. The summed E-state index contributed by atoms with van der Waals surface area (Å²) >= 11 is 0. The van der Waals surface area contributed by atoms with Crippen LogP contribution >= 0.6 is 0 Å². The van der Waals surface area contributed by atoms with Crippen LogP contribution in [0.15, 0.2) is 12.3 Å². The Kier molecular flexibility index (Phi) is 3.22. The van der Waals surface area contributed by atoms with Gasteiger partial charge in [-0.3, -0.25) is 0 Å². The minimum Gasteiger partial charge on any atom is -0.473 e. The second-order valence-electron chi connectivity index (χ2n) is 3.66. The van der Waals surface area contributed by atoms with Crippen molar-refractivity contribution in [2.75, 3.05) is 18.9 Å². The summed E-state index contributed by atoms with van der Waals surface area (Å²) < 4.78 is 10.9. The van der Waals surface area contributed by atoms with Crippen molar-refractivity contribution in [3.05, 3.63) is 17.8 Å². The van der Waals surface area contributed by atoms with Gasteiger partial charge in [0.1, 0.15) is 12.2 Å². The predicted octanol–water partition coefficient (Wildman–Crippen LogP) is 1.09.